The zero-order valence-corrected chi connectivity index (χ0v) is 14.3. The number of benzene rings is 1. The lowest BCUT2D eigenvalue weighted by Gasteiger charge is -2.09. The highest BCUT2D eigenvalue weighted by Gasteiger charge is 2.12. The van der Waals surface area contributed by atoms with E-state index in [2.05, 4.69) is 15.6 Å². The Morgan fingerprint density at radius 3 is 2.65 bits per heavy atom. The van der Waals surface area contributed by atoms with E-state index in [0.29, 0.717) is 10.8 Å². The monoisotopic (exact) mass is 326 g/mol. The van der Waals surface area contributed by atoms with Gasteiger partial charge in [0.05, 0.1) is 5.69 Å². The Balaban J connectivity index is 2.13. The number of hydrogen-bond acceptors (Lipinski definition) is 5. The van der Waals surface area contributed by atoms with Gasteiger partial charge in [-0.3, -0.25) is 4.79 Å². The predicted molar refractivity (Wildman–Crippen MR) is 93.5 cm³/mol. The lowest BCUT2D eigenvalue weighted by molar-refractivity contribution is -0.112. The van der Waals surface area contributed by atoms with Crippen LogP contribution in [0.2, 0.25) is 0 Å². The molecular formula is C17H18N4OS. The lowest BCUT2D eigenvalue weighted by atomic mass is 10.1. The van der Waals surface area contributed by atoms with E-state index in [1.807, 2.05) is 52.0 Å². The first kappa shape index (κ1) is 16.7. The van der Waals surface area contributed by atoms with E-state index in [0.717, 1.165) is 21.7 Å². The van der Waals surface area contributed by atoms with Gasteiger partial charge in [-0.1, -0.05) is 12.1 Å². The SMILES string of the molecule is Cc1cccc(NC(=O)/C(C#N)=C\Nc2nc(C)c(C)s2)c1C. The van der Waals surface area contributed by atoms with Crippen molar-refractivity contribution in [3.05, 3.63) is 51.7 Å². The fraction of sp³-hybridized carbons (Fsp3) is 0.235. The summed E-state index contributed by atoms with van der Waals surface area (Å²) in [6.45, 7) is 7.79. The number of thiazole rings is 1. The van der Waals surface area contributed by atoms with Gasteiger partial charge in [0.2, 0.25) is 0 Å². The molecular weight excluding hydrogens is 308 g/mol. The number of amides is 1. The summed E-state index contributed by atoms with van der Waals surface area (Å²) in [5.74, 6) is -0.446. The van der Waals surface area contributed by atoms with E-state index in [1.165, 1.54) is 17.5 Å². The Morgan fingerprint density at radius 1 is 1.30 bits per heavy atom. The van der Waals surface area contributed by atoms with Gasteiger partial charge < -0.3 is 10.6 Å². The van der Waals surface area contributed by atoms with Crippen LogP contribution in [0.1, 0.15) is 21.7 Å². The van der Waals surface area contributed by atoms with Gasteiger partial charge in [0, 0.05) is 16.8 Å². The van der Waals surface area contributed by atoms with Crippen LogP contribution in [-0.4, -0.2) is 10.9 Å². The summed E-state index contributed by atoms with van der Waals surface area (Å²) < 4.78 is 0. The molecule has 0 aliphatic heterocycles. The van der Waals surface area contributed by atoms with E-state index in [4.69, 9.17) is 0 Å². The molecule has 0 unspecified atom stereocenters. The fourth-order valence-corrected chi connectivity index (χ4v) is 2.68. The van der Waals surface area contributed by atoms with Crippen molar-refractivity contribution in [2.45, 2.75) is 27.7 Å². The van der Waals surface area contributed by atoms with Crippen molar-refractivity contribution in [3.8, 4) is 6.07 Å². The zero-order valence-electron chi connectivity index (χ0n) is 13.5. The van der Waals surface area contributed by atoms with Crippen LogP contribution in [-0.2, 0) is 4.79 Å². The molecule has 0 atom stereocenters. The smallest absolute Gasteiger partial charge is 0.267 e. The Hall–Kier alpha value is -2.65. The first-order chi connectivity index (χ1) is 10.9. The zero-order chi connectivity index (χ0) is 17.0. The van der Waals surface area contributed by atoms with E-state index < -0.39 is 5.91 Å². The normalized spacial score (nSPS) is 11.0. The highest BCUT2D eigenvalue weighted by molar-refractivity contribution is 7.15. The average molecular weight is 326 g/mol. The van der Waals surface area contributed by atoms with E-state index in [1.54, 1.807) is 0 Å². The fourth-order valence-electron chi connectivity index (χ4n) is 1.89. The molecule has 6 heteroatoms. The Bertz CT molecular complexity index is 795. The first-order valence-corrected chi connectivity index (χ1v) is 7.92. The third-order valence-electron chi connectivity index (χ3n) is 3.59. The van der Waals surface area contributed by atoms with Gasteiger partial charge in [0.1, 0.15) is 11.6 Å². The number of nitriles is 1. The standard InChI is InChI=1S/C17H18N4OS/c1-10-6-5-7-15(11(10)2)21-16(22)14(8-18)9-19-17-20-12(3)13(4)23-17/h5-7,9H,1-4H3,(H,19,20)(H,21,22)/b14-9-. The maximum atomic E-state index is 12.2. The number of rotatable bonds is 4. The second-order valence-electron chi connectivity index (χ2n) is 5.18. The molecule has 0 aliphatic rings. The van der Waals surface area contributed by atoms with Crippen molar-refractivity contribution in [1.82, 2.24) is 4.98 Å². The van der Waals surface area contributed by atoms with Crippen LogP contribution in [0.3, 0.4) is 0 Å². The number of aryl methyl sites for hydroxylation is 3. The Morgan fingerprint density at radius 2 is 2.04 bits per heavy atom. The van der Waals surface area contributed by atoms with Gasteiger partial charge in [-0.25, -0.2) is 4.98 Å². The minimum absolute atomic E-state index is 0.00332. The summed E-state index contributed by atoms with van der Waals surface area (Å²) in [7, 11) is 0. The average Bonchev–Trinajstić information content (AvgIpc) is 2.83. The van der Waals surface area contributed by atoms with Crippen molar-refractivity contribution < 1.29 is 4.79 Å². The van der Waals surface area contributed by atoms with Crippen molar-refractivity contribution >= 4 is 28.1 Å². The molecule has 118 valence electrons. The molecule has 1 heterocycles. The van der Waals surface area contributed by atoms with Crippen molar-refractivity contribution in [1.29, 1.82) is 5.26 Å². The third-order valence-corrected chi connectivity index (χ3v) is 4.59. The van der Waals surface area contributed by atoms with E-state index in [-0.39, 0.29) is 5.57 Å². The van der Waals surface area contributed by atoms with Gasteiger partial charge in [-0.05, 0) is 44.9 Å². The van der Waals surface area contributed by atoms with Crippen molar-refractivity contribution in [2.24, 2.45) is 0 Å². The van der Waals surface area contributed by atoms with Crippen LogP contribution in [0.25, 0.3) is 0 Å². The molecule has 1 amide bonds. The molecule has 2 rings (SSSR count). The molecule has 0 radical (unpaired) electrons. The topological polar surface area (TPSA) is 77.8 Å². The number of aromatic nitrogens is 1. The summed E-state index contributed by atoms with van der Waals surface area (Å²) in [5, 5.41) is 15.5. The summed E-state index contributed by atoms with van der Waals surface area (Å²) in [6, 6.07) is 7.57. The highest BCUT2D eigenvalue weighted by Crippen LogP contribution is 2.22. The van der Waals surface area contributed by atoms with Crippen molar-refractivity contribution in [2.75, 3.05) is 10.6 Å². The molecule has 0 bridgehead atoms. The highest BCUT2D eigenvalue weighted by atomic mass is 32.1. The van der Waals surface area contributed by atoms with Crippen LogP contribution in [0.5, 0.6) is 0 Å². The van der Waals surface area contributed by atoms with Crippen LogP contribution >= 0.6 is 11.3 Å². The van der Waals surface area contributed by atoms with Crippen LogP contribution in [0.4, 0.5) is 10.8 Å². The molecule has 0 fully saturated rings. The molecule has 0 saturated carbocycles. The quantitative estimate of drug-likeness (QED) is 0.661. The van der Waals surface area contributed by atoms with Crippen LogP contribution in [0.15, 0.2) is 30.0 Å². The molecule has 0 aliphatic carbocycles. The summed E-state index contributed by atoms with van der Waals surface area (Å²) in [5.41, 5.74) is 3.70. The largest absolute Gasteiger partial charge is 0.337 e. The van der Waals surface area contributed by atoms with Crippen molar-refractivity contribution in [3.63, 3.8) is 0 Å². The van der Waals surface area contributed by atoms with Gasteiger partial charge in [0.15, 0.2) is 5.13 Å². The second kappa shape index (κ2) is 7.07. The number of carbonyl (C=O) groups excluding carboxylic acids is 1. The maximum absolute atomic E-state index is 12.2. The van der Waals surface area contributed by atoms with Gasteiger partial charge in [0.25, 0.3) is 5.91 Å². The Kier molecular flexibility index (Phi) is 5.14. The Labute approximate surface area is 139 Å². The van der Waals surface area contributed by atoms with E-state index in [9.17, 15) is 10.1 Å². The first-order valence-electron chi connectivity index (χ1n) is 7.10. The molecule has 1 aromatic heterocycles. The number of anilines is 2. The van der Waals surface area contributed by atoms with Crippen LogP contribution < -0.4 is 10.6 Å². The third kappa shape index (κ3) is 3.96. The summed E-state index contributed by atoms with van der Waals surface area (Å²) >= 11 is 1.48. The molecule has 1 aromatic carbocycles. The molecule has 2 N–H and O–H groups in total. The lowest BCUT2D eigenvalue weighted by Crippen LogP contribution is -2.15. The molecule has 2 aromatic rings. The predicted octanol–water partition coefficient (Wildman–Crippen LogP) is 3.83. The maximum Gasteiger partial charge on any atom is 0.267 e. The van der Waals surface area contributed by atoms with Gasteiger partial charge in [-0.15, -0.1) is 11.3 Å². The molecule has 0 saturated heterocycles. The molecule has 5 nitrogen and oxygen atoms in total. The second-order valence-corrected chi connectivity index (χ2v) is 6.38. The molecule has 0 spiro atoms. The number of hydrogen-bond donors (Lipinski definition) is 2. The molecule has 23 heavy (non-hydrogen) atoms. The van der Waals surface area contributed by atoms with Crippen LogP contribution in [0, 0.1) is 39.0 Å². The number of nitrogens with zero attached hydrogens (tertiary/aromatic N) is 2. The van der Waals surface area contributed by atoms with Gasteiger partial charge >= 0.3 is 0 Å². The summed E-state index contributed by atoms with van der Waals surface area (Å²) in [4.78, 5) is 17.6. The minimum atomic E-state index is -0.446. The number of nitrogens with one attached hydrogen (secondary N) is 2. The van der Waals surface area contributed by atoms with E-state index >= 15 is 0 Å². The summed E-state index contributed by atoms with van der Waals surface area (Å²) in [6.07, 6.45) is 1.39. The minimum Gasteiger partial charge on any atom is -0.337 e. The number of carbonyl (C=O) groups is 1. The van der Waals surface area contributed by atoms with Gasteiger partial charge in [-0.2, -0.15) is 5.26 Å².